The molecule has 1 fully saturated rings. The largest absolute Gasteiger partial charge is 0.345 e. The number of aromatic nitrogens is 3. The molecule has 0 saturated heterocycles. The molecule has 2 heterocycles. The average Bonchev–Trinajstić information content (AvgIpc) is 2.61. The van der Waals surface area contributed by atoms with Crippen LogP contribution in [0.3, 0.4) is 0 Å². The number of pyridine rings is 1. The number of fused-ring (bicyclic) bond motifs is 1. The normalized spacial score (nSPS) is 15.9. The molecule has 0 radical (unpaired) electrons. The fourth-order valence-electron chi connectivity index (χ4n) is 2.01. The minimum Gasteiger partial charge on any atom is -0.345 e. The lowest BCUT2D eigenvalue weighted by Crippen LogP contribution is -2.19. The van der Waals surface area contributed by atoms with E-state index in [1.165, 1.54) is 12.6 Å². The van der Waals surface area contributed by atoms with Crippen LogP contribution in [-0.2, 0) is 0 Å². The van der Waals surface area contributed by atoms with Crippen LogP contribution in [0.4, 0.5) is 0 Å². The number of nitrogens with zero attached hydrogens (tertiary/aromatic N) is 3. The molecule has 0 unspecified atom stereocenters. The highest BCUT2D eigenvalue weighted by Crippen LogP contribution is 2.32. The molecule has 0 bridgehead atoms. The van der Waals surface area contributed by atoms with E-state index in [4.69, 9.17) is 5.26 Å². The van der Waals surface area contributed by atoms with Gasteiger partial charge in [-0.1, -0.05) is 0 Å². The Kier molecular flexibility index (Phi) is 1.83. The molecule has 1 aliphatic carbocycles. The van der Waals surface area contributed by atoms with Crippen LogP contribution in [0.25, 0.3) is 11.0 Å². The average molecular weight is 214 g/mol. The lowest BCUT2D eigenvalue weighted by Gasteiger charge is -2.25. The fraction of sp³-hybridized carbons (Fsp3) is 0.364. The van der Waals surface area contributed by atoms with Crippen molar-refractivity contribution >= 4 is 11.0 Å². The van der Waals surface area contributed by atoms with Gasteiger partial charge in [-0.2, -0.15) is 10.4 Å². The second kappa shape index (κ2) is 3.20. The van der Waals surface area contributed by atoms with Crippen molar-refractivity contribution in [1.82, 2.24) is 14.8 Å². The van der Waals surface area contributed by atoms with Gasteiger partial charge in [-0.25, -0.2) is 4.68 Å². The Morgan fingerprint density at radius 3 is 3.00 bits per heavy atom. The van der Waals surface area contributed by atoms with Crippen LogP contribution in [0.1, 0.15) is 30.9 Å². The number of hydrogen-bond acceptors (Lipinski definition) is 3. The Hall–Kier alpha value is -2.09. The van der Waals surface area contributed by atoms with Crippen LogP contribution >= 0.6 is 0 Å². The molecule has 2 aromatic heterocycles. The van der Waals surface area contributed by atoms with E-state index in [0.29, 0.717) is 11.4 Å². The number of nitrogens with one attached hydrogen (secondary N) is 1. The third-order valence-corrected chi connectivity index (χ3v) is 3.18. The molecular weight excluding hydrogens is 204 g/mol. The fourth-order valence-corrected chi connectivity index (χ4v) is 2.01. The van der Waals surface area contributed by atoms with Crippen molar-refractivity contribution in [2.24, 2.45) is 0 Å². The molecule has 1 saturated carbocycles. The van der Waals surface area contributed by atoms with Crippen LogP contribution in [0, 0.1) is 11.3 Å². The molecule has 2 aromatic rings. The molecule has 1 aliphatic rings. The van der Waals surface area contributed by atoms with Crippen LogP contribution in [0.2, 0.25) is 0 Å². The zero-order valence-electron chi connectivity index (χ0n) is 8.60. The van der Waals surface area contributed by atoms with E-state index in [1.54, 1.807) is 6.20 Å². The van der Waals surface area contributed by atoms with Gasteiger partial charge in [0.25, 0.3) is 0 Å². The highest BCUT2D eigenvalue weighted by molar-refractivity contribution is 5.75. The highest BCUT2D eigenvalue weighted by Gasteiger charge is 2.22. The SMILES string of the molecule is N#Cc1c[nH]c2c(cnn2C2CCC2)c1=O. The second-order valence-corrected chi connectivity index (χ2v) is 4.08. The monoisotopic (exact) mass is 214 g/mol. The van der Waals surface area contributed by atoms with E-state index < -0.39 is 0 Å². The summed E-state index contributed by atoms with van der Waals surface area (Å²) in [5.41, 5.74) is 0.635. The maximum absolute atomic E-state index is 11.8. The molecule has 80 valence electrons. The Morgan fingerprint density at radius 2 is 2.38 bits per heavy atom. The van der Waals surface area contributed by atoms with E-state index in [-0.39, 0.29) is 11.0 Å². The summed E-state index contributed by atoms with van der Waals surface area (Å²) in [5.74, 6) is 0. The lowest BCUT2D eigenvalue weighted by atomic mass is 9.93. The van der Waals surface area contributed by atoms with Gasteiger partial charge >= 0.3 is 0 Å². The predicted octanol–water partition coefficient (Wildman–Crippen LogP) is 1.32. The standard InChI is InChI=1S/C11H10N4O/c12-4-7-5-13-11-9(10(7)16)6-14-15(11)8-2-1-3-8/h5-6,8H,1-3H2,(H,13,16). The van der Waals surface area contributed by atoms with Crippen LogP contribution in [0.15, 0.2) is 17.2 Å². The van der Waals surface area contributed by atoms with Crippen molar-refractivity contribution in [3.63, 3.8) is 0 Å². The summed E-state index contributed by atoms with van der Waals surface area (Å²) >= 11 is 0. The number of H-pyrrole nitrogens is 1. The number of rotatable bonds is 1. The Morgan fingerprint density at radius 1 is 1.56 bits per heavy atom. The summed E-state index contributed by atoms with van der Waals surface area (Å²) < 4.78 is 1.86. The van der Waals surface area contributed by atoms with Crippen molar-refractivity contribution < 1.29 is 0 Å². The molecule has 1 N–H and O–H groups in total. The van der Waals surface area contributed by atoms with Crippen molar-refractivity contribution in [2.45, 2.75) is 25.3 Å². The van der Waals surface area contributed by atoms with Crippen molar-refractivity contribution in [1.29, 1.82) is 5.26 Å². The molecule has 0 amide bonds. The van der Waals surface area contributed by atoms with Crippen LogP contribution in [-0.4, -0.2) is 14.8 Å². The Balaban J connectivity index is 2.25. The van der Waals surface area contributed by atoms with E-state index in [2.05, 4.69) is 10.1 Å². The molecule has 5 heteroatoms. The van der Waals surface area contributed by atoms with E-state index in [0.717, 1.165) is 18.5 Å². The van der Waals surface area contributed by atoms with Gasteiger partial charge in [0.05, 0.1) is 17.6 Å². The number of hydrogen-bond donors (Lipinski definition) is 1. The predicted molar refractivity (Wildman–Crippen MR) is 58.0 cm³/mol. The first-order chi connectivity index (χ1) is 7.81. The summed E-state index contributed by atoms with van der Waals surface area (Å²) in [5, 5.41) is 13.5. The van der Waals surface area contributed by atoms with Gasteiger partial charge in [0, 0.05) is 6.20 Å². The van der Waals surface area contributed by atoms with Gasteiger partial charge in [-0.05, 0) is 19.3 Å². The van der Waals surface area contributed by atoms with E-state index >= 15 is 0 Å². The maximum atomic E-state index is 11.8. The summed E-state index contributed by atoms with van der Waals surface area (Å²) in [4.78, 5) is 14.8. The van der Waals surface area contributed by atoms with E-state index in [9.17, 15) is 4.79 Å². The minimum absolute atomic E-state index is 0.139. The van der Waals surface area contributed by atoms with Gasteiger partial charge in [0.1, 0.15) is 17.3 Å². The summed E-state index contributed by atoms with van der Waals surface area (Å²) in [6.45, 7) is 0. The van der Waals surface area contributed by atoms with Gasteiger partial charge in [-0.15, -0.1) is 0 Å². The molecule has 0 aliphatic heterocycles. The summed E-state index contributed by atoms with van der Waals surface area (Å²) in [7, 11) is 0. The first-order valence-corrected chi connectivity index (χ1v) is 5.30. The van der Waals surface area contributed by atoms with Gasteiger partial charge in [-0.3, -0.25) is 4.79 Å². The molecule has 0 aromatic carbocycles. The Labute approximate surface area is 91.3 Å². The van der Waals surface area contributed by atoms with Gasteiger partial charge in [0.15, 0.2) is 0 Å². The zero-order valence-corrected chi connectivity index (χ0v) is 8.60. The maximum Gasteiger partial charge on any atom is 0.210 e. The molecule has 0 atom stereocenters. The Bertz CT molecular complexity index is 642. The van der Waals surface area contributed by atoms with Gasteiger partial charge in [0.2, 0.25) is 5.43 Å². The molecule has 0 spiro atoms. The first-order valence-electron chi connectivity index (χ1n) is 5.30. The third kappa shape index (κ3) is 1.10. The molecular formula is C11H10N4O. The second-order valence-electron chi connectivity index (χ2n) is 4.08. The van der Waals surface area contributed by atoms with Gasteiger partial charge < -0.3 is 4.98 Å². The third-order valence-electron chi connectivity index (χ3n) is 3.18. The molecule has 16 heavy (non-hydrogen) atoms. The summed E-state index contributed by atoms with van der Waals surface area (Å²) in [6, 6.07) is 2.28. The van der Waals surface area contributed by atoms with E-state index in [1.807, 2.05) is 10.8 Å². The van der Waals surface area contributed by atoms with Crippen molar-refractivity contribution in [3.8, 4) is 6.07 Å². The topological polar surface area (TPSA) is 74.5 Å². The highest BCUT2D eigenvalue weighted by atomic mass is 16.1. The minimum atomic E-state index is -0.234. The first kappa shape index (κ1) is 9.16. The zero-order chi connectivity index (χ0) is 11.1. The lowest BCUT2D eigenvalue weighted by molar-refractivity contribution is 0.296. The number of nitriles is 1. The van der Waals surface area contributed by atoms with Crippen molar-refractivity contribution in [2.75, 3.05) is 0 Å². The molecule has 5 nitrogen and oxygen atoms in total. The molecule has 3 rings (SSSR count). The van der Waals surface area contributed by atoms with Crippen LogP contribution in [0.5, 0.6) is 0 Å². The van der Waals surface area contributed by atoms with Crippen molar-refractivity contribution in [3.05, 3.63) is 28.2 Å². The number of aromatic amines is 1. The van der Waals surface area contributed by atoms with Crippen LogP contribution < -0.4 is 5.43 Å². The smallest absolute Gasteiger partial charge is 0.210 e. The summed E-state index contributed by atoms with van der Waals surface area (Å²) in [6.07, 6.45) is 6.44. The quantitative estimate of drug-likeness (QED) is 0.777.